The van der Waals surface area contributed by atoms with Crippen LogP contribution >= 0.6 is 0 Å². The second kappa shape index (κ2) is 10.2. The van der Waals surface area contributed by atoms with E-state index < -0.39 is 6.10 Å². The molecule has 0 spiro atoms. The number of benzene rings is 2. The zero-order valence-corrected chi connectivity index (χ0v) is 19.9. The molecular weight excluding hydrogens is 434 g/mol. The SMILES string of the molecule is Cc1cccc(C)c1OCC(=O)Nc1ccc2c(c1)N(CC(=O)N1CCCCC1)C(=O)C(C)O2. The third-order valence-corrected chi connectivity index (χ3v) is 6.21. The smallest absolute Gasteiger partial charge is 0.268 e. The molecule has 1 saturated heterocycles. The summed E-state index contributed by atoms with van der Waals surface area (Å²) < 4.78 is 11.5. The standard InChI is InChI=1S/C26H31N3O5/c1-17-8-7-9-18(2)25(17)33-16-23(30)27-20-10-11-22-21(14-20)29(26(32)19(3)34-22)15-24(31)28-12-5-4-6-13-28/h7-11,14,19H,4-6,12-13,15-16H2,1-3H3,(H,27,30). The number of nitrogens with one attached hydrogen (secondary N) is 1. The van der Waals surface area contributed by atoms with Crippen LogP contribution in [0.3, 0.4) is 0 Å². The number of aryl methyl sites for hydroxylation is 2. The third-order valence-electron chi connectivity index (χ3n) is 6.21. The molecule has 0 saturated carbocycles. The van der Waals surface area contributed by atoms with Gasteiger partial charge in [0.2, 0.25) is 5.91 Å². The number of ether oxygens (including phenoxy) is 2. The van der Waals surface area contributed by atoms with Crippen molar-refractivity contribution in [3.8, 4) is 11.5 Å². The van der Waals surface area contributed by atoms with E-state index >= 15 is 0 Å². The highest BCUT2D eigenvalue weighted by atomic mass is 16.5. The van der Waals surface area contributed by atoms with Gasteiger partial charge in [-0.25, -0.2) is 0 Å². The lowest BCUT2D eigenvalue weighted by atomic mass is 10.1. The van der Waals surface area contributed by atoms with Crippen molar-refractivity contribution in [1.29, 1.82) is 0 Å². The highest BCUT2D eigenvalue weighted by molar-refractivity contribution is 6.04. The molecule has 34 heavy (non-hydrogen) atoms. The molecule has 2 heterocycles. The molecule has 180 valence electrons. The van der Waals surface area contributed by atoms with E-state index in [1.165, 1.54) is 4.90 Å². The maximum absolute atomic E-state index is 12.9. The van der Waals surface area contributed by atoms with Gasteiger partial charge in [0.05, 0.1) is 5.69 Å². The van der Waals surface area contributed by atoms with Crippen molar-refractivity contribution in [1.82, 2.24) is 4.90 Å². The average Bonchev–Trinajstić information content (AvgIpc) is 2.82. The predicted octanol–water partition coefficient (Wildman–Crippen LogP) is 3.45. The minimum absolute atomic E-state index is 0.0490. The van der Waals surface area contributed by atoms with Gasteiger partial charge in [-0.2, -0.15) is 0 Å². The molecule has 1 fully saturated rings. The van der Waals surface area contributed by atoms with Crippen LogP contribution in [0.25, 0.3) is 0 Å². The second-order valence-electron chi connectivity index (χ2n) is 8.87. The molecule has 0 bridgehead atoms. The summed E-state index contributed by atoms with van der Waals surface area (Å²) in [5.74, 6) is 0.515. The van der Waals surface area contributed by atoms with Crippen LogP contribution in [0.1, 0.15) is 37.3 Å². The summed E-state index contributed by atoms with van der Waals surface area (Å²) in [6, 6.07) is 10.9. The number of nitrogens with zero attached hydrogens (tertiary/aromatic N) is 2. The number of carbonyl (C=O) groups excluding carboxylic acids is 3. The van der Waals surface area contributed by atoms with Crippen molar-refractivity contribution in [3.05, 3.63) is 47.5 Å². The molecule has 8 nitrogen and oxygen atoms in total. The van der Waals surface area contributed by atoms with E-state index in [1.807, 2.05) is 36.9 Å². The summed E-state index contributed by atoms with van der Waals surface area (Å²) in [5.41, 5.74) is 2.89. The average molecular weight is 466 g/mol. The summed E-state index contributed by atoms with van der Waals surface area (Å²) in [6.45, 7) is 6.78. The van der Waals surface area contributed by atoms with Gasteiger partial charge >= 0.3 is 0 Å². The number of likely N-dealkylation sites (tertiary alicyclic amines) is 1. The number of fused-ring (bicyclic) bond motifs is 1. The Kier molecular flexibility index (Phi) is 7.05. The van der Waals surface area contributed by atoms with Gasteiger partial charge in [-0.05, 0) is 69.4 Å². The van der Waals surface area contributed by atoms with Crippen molar-refractivity contribution in [2.75, 3.05) is 36.5 Å². The van der Waals surface area contributed by atoms with Gasteiger partial charge in [-0.1, -0.05) is 18.2 Å². The number of hydrogen-bond donors (Lipinski definition) is 1. The van der Waals surface area contributed by atoms with E-state index in [-0.39, 0.29) is 30.9 Å². The summed E-state index contributed by atoms with van der Waals surface area (Å²) >= 11 is 0. The molecule has 1 atom stereocenters. The summed E-state index contributed by atoms with van der Waals surface area (Å²) in [7, 11) is 0. The van der Waals surface area contributed by atoms with Crippen LogP contribution in [0, 0.1) is 13.8 Å². The Balaban J connectivity index is 1.47. The van der Waals surface area contributed by atoms with Gasteiger partial charge in [-0.15, -0.1) is 0 Å². The molecular formula is C26H31N3O5. The van der Waals surface area contributed by atoms with Crippen molar-refractivity contribution < 1.29 is 23.9 Å². The van der Waals surface area contributed by atoms with Crippen LogP contribution < -0.4 is 19.7 Å². The predicted molar refractivity (Wildman–Crippen MR) is 129 cm³/mol. The first-order valence-electron chi connectivity index (χ1n) is 11.7. The molecule has 2 aliphatic heterocycles. The molecule has 3 amide bonds. The van der Waals surface area contributed by atoms with E-state index in [1.54, 1.807) is 25.1 Å². The highest BCUT2D eigenvalue weighted by Crippen LogP contribution is 2.36. The van der Waals surface area contributed by atoms with Crippen LogP contribution in [0.5, 0.6) is 11.5 Å². The highest BCUT2D eigenvalue weighted by Gasteiger charge is 2.34. The largest absolute Gasteiger partial charge is 0.483 e. The first-order valence-corrected chi connectivity index (χ1v) is 11.7. The molecule has 2 aliphatic rings. The first-order chi connectivity index (χ1) is 16.3. The number of carbonyl (C=O) groups is 3. The zero-order chi connectivity index (χ0) is 24.2. The van der Waals surface area contributed by atoms with Crippen LogP contribution in [-0.4, -0.2) is 55.0 Å². The number of hydrogen-bond acceptors (Lipinski definition) is 5. The lowest BCUT2D eigenvalue weighted by Crippen LogP contribution is -2.50. The van der Waals surface area contributed by atoms with E-state index in [4.69, 9.17) is 9.47 Å². The minimum Gasteiger partial charge on any atom is -0.483 e. The number of rotatable bonds is 6. The molecule has 8 heteroatoms. The Bertz CT molecular complexity index is 1070. The summed E-state index contributed by atoms with van der Waals surface area (Å²) in [6.07, 6.45) is 2.40. The van der Waals surface area contributed by atoms with Crippen molar-refractivity contribution >= 4 is 29.1 Å². The minimum atomic E-state index is -0.687. The van der Waals surface area contributed by atoms with Gasteiger partial charge in [0.25, 0.3) is 11.8 Å². The van der Waals surface area contributed by atoms with Gasteiger partial charge in [0.15, 0.2) is 12.7 Å². The van der Waals surface area contributed by atoms with Crippen LogP contribution in [0.4, 0.5) is 11.4 Å². The molecule has 1 unspecified atom stereocenters. The lowest BCUT2D eigenvalue weighted by Gasteiger charge is -2.35. The number of piperidine rings is 1. The number of amides is 3. The Hall–Kier alpha value is -3.55. The molecule has 0 radical (unpaired) electrons. The Morgan fingerprint density at radius 2 is 1.79 bits per heavy atom. The van der Waals surface area contributed by atoms with Crippen molar-refractivity contribution in [2.24, 2.45) is 0 Å². The van der Waals surface area contributed by atoms with Crippen LogP contribution in [0.2, 0.25) is 0 Å². The Morgan fingerprint density at radius 1 is 1.09 bits per heavy atom. The maximum Gasteiger partial charge on any atom is 0.268 e. The van der Waals surface area contributed by atoms with Crippen molar-refractivity contribution in [3.63, 3.8) is 0 Å². The van der Waals surface area contributed by atoms with Crippen molar-refractivity contribution in [2.45, 2.75) is 46.1 Å². The van der Waals surface area contributed by atoms with E-state index in [0.29, 0.717) is 22.9 Å². The molecule has 2 aromatic carbocycles. The van der Waals surface area contributed by atoms with Gasteiger partial charge < -0.3 is 19.7 Å². The maximum atomic E-state index is 12.9. The normalized spacial score (nSPS) is 17.6. The fourth-order valence-electron chi connectivity index (χ4n) is 4.39. The fourth-order valence-corrected chi connectivity index (χ4v) is 4.39. The van der Waals surface area contributed by atoms with Gasteiger partial charge in [0.1, 0.15) is 18.0 Å². The van der Waals surface area contributed by atoms with Gasteiger partial charge in [-0.3, -0.25) is 19.3 Å². The molecule has 4 rings (SSSR count). The molecule has 0 aromatic heterocycles. The number of anilines is 2. The monoisotopic (exact) mass is 465 g/mol. The molecule has 0 aliphatic carbocycles. The van der Waals surface area contributed by atoms with E-state index in [9.17, 15) is 14.4 Å². The Labute approximate surface area is 199 Å². The van der Waals surface area contributed by atoms with E-state index in [0.717, 1.165) is 43.5 Å². The van der Waals surface area contributed by atoms with Crippen LogP contribution in [0.15, 0.2) is 36.4 Å². The molecule has 2 aromatic rings. The topological polar surface area (TPSA) is 88.2 Å². The summed E-state index contributed by atoms with van der Waals surface area (Å²) in [5, 5.41) is 2.81. The first kappa shape index (κ1) is 23.6. The lowest BCUT2D eigenvalue weighted by molar-refractivity contribution is -0.133. The fraction of sp³-hybridized carbons (Fsp3) is 0.423. The summed E-state index contributed by atoms with van der Waals surface area (Å²) in [4.78, 5) is 41.6. The third kappa shape index (κ3) is 5.16. The quantitative estimate of drug-likeness (QED) is 0.706. The Morgan fingerprint density at radius 3 is 2.50 bits per heavy atom. The van der Waals surface area contributed by atoms with Crippen LogP contribution in [-0.2, 0) is 14.4 Å². The zero-order valence-electron chi connectivity index (χ0n) is 19.9. The molecule has 1 N–H and O–H groups in total. The van der Waals surface area contributed by atoms with E-state index in [2.05, 4.69) is 5.32 Å². The van der Waals surface area contributed by atoms with Gasteiger partial charge in [0, 0.05) is 18.8 Å². The number of para-hydroxylation sites is 1. The second-order valence-corrected chi connectivity index (χ2v) is 8.87.